The molecule has 8 nitrogen and oxygen atoms in total. The van der Waals surface area contributed by atoms with Crippen molar-refractivity contribution in [3.8, 4) is 0 Å². The monoisotopic (exact) mass is 385 g/mol. The van der Waals surface area contributed by atoms with Crippen molar-refractivity contribution >= 4 is 17.5 Å². The minimum absolute atomic E-state index is 0.107. The van der Waals surface area contributed by atoms with E-state index in [1.54, 1.807) is 17.2 Å². The van der Waals surface area contributed by atoms with Crippen LogP contribution in [0.1, 0.15) is 50.4 Å². The molecular formula is C20H27N5O3. The van der Waals surface area contributed by atoms with Crippen molar-refractivity contribution in [1.29, 1.82) is 0 Å². The SMILES string of the molecule is CC(C)(C)OC(=O)N1CCC2(CC1)CC2CNC(=O)c1cnn2nccc2c1. The molecule has 1 saturated carbocycles. The largest absolute Gasteiger partial charge is 0.444 e. The standard InChI is InChI=1S/C20H27N5O3/c1-19(2,3)28-18(27)24-8-5-20(6-9-24)11-15(20)13-21-17(26)14-10-16-4-7-22-25(16)23-12-14/h4,7,10,12,15H,5-6,8-9,11,13H2,1-3H3,(H,21,26). The number of hydrogen-bond acceptors (Lipinski definition) is 5. The van der Waals surface area contributed by atoms with Crippen LogP contribution in [0, 0.1) is 11.3 Å². The summed E-state index contributed by atoms with van der Waals surface area (Å²) in [5.74, 6) is 0.369. The van der Waals surface area contributed by atoms with E-state index >= 15 is 0 Å². The Morgan fingerprint density at radius 1 is 1.29 bits per heavy atom. The van der Waals surface area contributed by atoms with E-state index in [1.165, 1.54) is 10.8 Å². The summed E-state index contributed by atoms with van der Waals surface area (Å²) < 4.78 is 6.95. The number of piperidine rings is 1. The summed E-state index contributed by atoms with van der Waals surface area (Å²) in [6.07, 6.45) is 6.01. The van der Waals surface area contributed by atoms with Gasteiger partial charge < -0.3 is 15.0 Å². The molecule has 0 bridgehead atoms. The quantitative estimate of drug-likeness (QED) is 0.877. The van der Waals surface area contributed by atoms with Crippen molar-refractivity contribution in [1.82, 2.24) is 25.0 Å². The number of fused-ring (bicyclic) bond motifs is 1. The molecule has 1 aliphatic carbocycles. The van der Waals surface area contributed by atoms with Crippen molar-refractivity contribution in [2.45, 2.75) is 45.6 Å². The number of nitrogens with one attached hydrogen (secondary N) is 1. The molecule has 1 spiro atoms. The highest BCUT2D eigenvalue weighted by Gasteiger charge is 2.55. The number of nitrogens with zero attached hydrogens (tertiary/aromatic N) is 4. The van der Waals surface area contributed by atoms with Gasteiger partial charge in [-0.2, -0.15) is 14.8 Å². The van der Waals surface area contributed by atoms with Crippen molar-refractivity contribution in [2.75, 3.05) is 19.6 Å². The molecule has 0 aromatic carbocycles. The van der Waals surface area contributed by atoms with E-state index in [-0.39, 0.29) is 17.4 Å². The molecule has 4 rings (SSSR count). The number of hydrogen-bond donors (Lipinski definition) is 1. The Morgan fingerprint density at radius 2 is 2.04 bits per heavy atom. The fraction of sp³-hybridized carbons (Fsp3) is 0.600. The van der Waals surface area contributed by atoms with E-state index in [9.17, 15) is 9.59 Å². The number of carbonyl (C=O) groups is 2. The maximum Gasteiger partial charge on any atom is 0.410 e. The lowest BCUT2D eigenvalue weighted by Crippen LogP contribution is -2.43. The summed E-state index contributed by atoms with van der Waals surface area (Å²) in [5, 5.41) is 11.2. The number of amides is 2. The van der Waals surface area contributed by atoms with Gasteiger partial charge in [0, 0.05) is 19.6 Å². The average Bonchev–Trinajstić information content (AvgIpc) is 3.09. The van der Waals surface area contributed by atoms with Crippen LogP contribution in [0.2, 0.25) is 0 Å². The summed E-state index contributed by atoms with van der Waals surface area (Å²) in [6, 6.07) is 3.61. The smallest absolute Gasteiger partial charge is 0.410 e. The Balaban J connectivity index is 1.26. The van der Waals surface area contributed by atoms with Crippen molar-refractivity contribution in [2.24, 2.45) is 11.3 Å². The highest BCUT2D eigenvalue weighted by molar-refractivity contribution is 5.94. The third kappa shape index (κ3) is 3.81. The molecule has 1 saturated heterocycles. The second-order valence-corrected chi connectivity index (χ2v) is 8.93. The van der Waals surface area contributed by atoms with Crippen LogP contribution in [0.3, 0.4) is 0 Å². The first-order valence-electron chi connectivity index (χ1n) is 9.82. The lowest BCUT2D eigenvalue weighted by atomic mass is 9.91. The van der Waals surface area contributed by atoms with Crippen LogP contribution in [0.5, 0.6) is 0 Å². The Hall–Kier alpha value is -2.64. The van der Waals surface area contributed by atoms with Crippen LogP contribution in [-0.4, -0.2) is 57.0 Å². The highest BCUT2D eigenvalue weighted by atomic mass is 16.6. The first-order chi connectivity index (χ1) is 13.3. The van der Waals surface area contributed by atoms with Crippen LogP contribution in [0.4, 0.5) is 4.79 Å². The Bertz CT molecular complexity index is 893. The molecular weight excluding hydrogens is 358 g/mol. The molecule has 2 aromatic rings. The van der Waals surface area contributed by atoms with Crippen LogP contribution < -0.4 is 5.32 Å². The average molecular weight is 385 g/mol. The molecule has 2 aliphatic rings. The van der Waals surface area contributed by atoms with Crippen molar-refractivity contribution in [3.05, 3.63) is 30.1 Å². The molecule has 1 aliphatic heterocycles. The number of ether oxygens (including phenoxy) is 1. The normalized spacial score (nSPS) is 21.0. The summed E-state index contributed by atoms with van der Waals surface area (Å²) in [5.41, 5.74) is 1.14. The number of rotatable bonds is 3. The maximum atomic E-state index is 12.4. The highest BCUT2D eigenvalue weighted by Crippen LogP contribution is 2.59. The van der Waals surface area contributed by atoms with E-state index in [1.807, 2.05) is 26.8 Å². The third-order valence-electron chi connectivity index (χ3n) is 5.80. The van der Waals surface area contributed by atoms with Crippen LogP contribution in [0.25, 0.3) is 5.52 Å². The third-order valence-corrected chi connectivity index (χ3v) is 5.80. The van der Waals surface area contributed by atoms with Gasteiger partial charge in [0.15, 0.2) is 0 Å². The van der Waals surface area contributed by atoms with Crippen LogP contribution >= 0.6 is 0 Å². The van der Waals surface area contributed by atoms with Crippen LogP contribution in [0.15, 0.2) is 24.5 Å². The van der Waals surface area contributed by atoms with Gasteiger partial charge >= 0.3 is 6.09 Å². The molecule has 8 heteroatoms. The Labute approximate surface area is 164 Å². The minimum atomic E-state index is -0.465. The molecule has 2 amide bonds. The number of carbonyl (C=O) groups excluding carboxylic acids is 2. The topological polar surface area (TPSA) is 88.8 Å². The van der Waals surface area contributed by atoms with Gasteiger partial charge in [0.1, 0.15) is 5.60 Å². The van der Waals surface area contributed by atoms with Gasteiger partial charge in [-0.1, -0.05) is 0 Å². The first-order valence-corrected chi connectivity index (χ1v) is 9.82. The van der Waals surface area contributed by atoms with E-state index in [4.69, 9.17) is 4.74 Å². The lowest BCUT2D eigenvalue weighted by molar-refractivity contribution is 0.0165. The first kappa shape index (κ1) is 18.7. The second kappa shape index (κ2) is 6.76. The van der Waals surface area contributed by atoms with E-state index in [0.29, 0.717) is 18.0 Å². The Morgan fingerprint density at radius 3 is 2.75 bits per heavy atom. The zero-order valence-electron chi connectivity index (χ0n) is 16.6. The summed E-state index contributed by atoms with van der Waals surface area (Å²) >= 11 is 0. The van der Waals surface area contributed by atoms with Crippen LogP contribution in [-0.2, 0) is 4.74 Å². The summed E-state index contributed by atoms with van der Waals surface area (Å²) in [7, 11) is 0. The van der Waals surface area contributed by atoms with Gasteiger partial charge in [-0.05, 0) is 63.5 Å². The molecule has 0 radical (unpaired) electrons. The molecule has 150 valence electrons. The molecule has 2 fully saturated rings. The van der Waals surface area contributed by atoms with Gasteiger partial charge in [-0.25, -0.2) is 4.79 Å². The zero-order valence-corrected chi connectivity index (χ0v) is 16.6. The number of likely N-dealkylation sites (tertiary alicyclic amines) is 1. The van der Waals surface area contributed by atoms with Crippen molar-refractivity contribution < 1.29 is 14.3 Å². The molecule has 1 atom stereocenters. The lowest BCUT2D eigenvalue weighted by Gasteiger charge is -2.34. The fourth-order valence-corrected chi connectivity index (χ4v) is 4.06. The summed E-state index contributed by atoms with van der Waals surface area (Å²) in [6.45, 7) is 7.76. The minimum Gasteiger partial charge on any atom is -0.444 e. The predicted octanol–water partition coefficient (Wildman–Crippen LogP) is 2.50. The molecule has 28 heavy (non-hydrogen) atoms. The van der Waals surface area contributed by atoms with Gasteiger partial charge in [-0.3, -0.25) is 4.79 Å². The molecule has 1 N–H and O–H groups in total. The van der Waals surface area contributed by atoms with E-state index < -0.39 is 5.60 Å². The molecule has 1 unspecified atom stereocenters. The summed E-state index contributed by atoms with van der Waals surface area (Å²) in [4.78, 5) is 26.4. The predicted molar refractivity (Wildman–Crippen MR) is 103 cm³/mol. The zero-order chi connectivity index (χ0) is 19.9. The fourth-order valence-electron chi connectivity index (χ4n) is 4.06. The van der Waals surface area contributed by atoms with Gasteiger partial charge in [0.25, 0.3) is 5.91 Å². The van der Waals surface area contributed by atoms with E-state index in [2.05, 4.69) is 15.5 Å². The van der Waals surface area contributed by atoms with Gasteiger partial charge in [-0.15, -0.1) is 0 Å². The molecule has 3 heterocycles. The van der Waals surface area contributed by atoms with Crippen molar-refractivity contribution in [3.63, 3.8) is 0 Å². The second-order valence-electron chi connectivity index (χ2n) is 8.93. The van der Waals surface area contributed by atoms with Gasteiger partial charge in [0.05, 0.1) is 23.5 Å². The van der Waals surface area contributed by atoms with E-state index in [0.717, 1.165) is 37.9 Å². The Kier molecular flexibility index (Phi) is 4.51. The van der Waals surface area contributed by atoms with Gasteiger partial charge in [0.2, 0.25) is 0 Å². The molecule has 2 aromatic heterocycles. The number of aromatic nitrogens is 3. The maximum absolute atomic E-state index is 12.4.